The lowest BCUT2D eigenvalue weighted by Crippen LogP contribution is -2.40. The summed E-state index contributed by atoms with van der Waals surface area (Å²) in [6.07, 6.45) is 8.59. The number of rotatable bonds is 4. The van der Waals surface area contributed by atoms with Gasteiger partial charge in [0.1, 0.15) is 0 Å². The summed E-state index contributed by atoms with van der Waals surface area (Å²) >= 11 is 0. The van der Waals surface area contributed by atoms with Gasteiger partial charge in [0, 0.05) is 12.1 Å². The highest BCUT2D eigenvalue weighted by Gasteiger charge is 2.34. The van der Waals surface area contributed by atoms with Crippen molar-refractivity contribution in [3.8, 4) is 0 Å². The van der Waals surface area contributed by atoms with Gasteiger partial charge < -0.3 is 5.11 Å². The van der Waals surface area contributed by atoms with Crippen molar-refractivity contribution in [2.75, 3.05) is 6.54 Å². The highest BCUT2D eigenvalue weighted by Crippen LogP contribution is 2.33. The van der Waals surface area contributed by atoms with Crippen molar-refractivity contribution in [2.24, 2.45) is 0 Å². The lowest BCUT2D eigenvalue weighted by Gasteiger charge is -2.35. The van der Waals surface area contributed by atoms with Gasteiger partial charge in [0.25, 0.3) is 0 Å². The molecule has 0 aromatic rings. The number of aliphatic hydroxyl groups is 1. The van der Waals surface area contributed by atoms with Crippen LogP contribution in [0.15, 0.2) is 0 Å². The van der Waals surface area contributed by atoms with E-state index in [1.807, 2.05) is 0 Å². The molecule has 0 atom stereocenters. The lowest BCUT2D eigenvalue weighted by atomic mass is 9.92. The third-order valence-corrected chi connectivity index (χ3v) is 3.63. The van der Waals surface area contributed by atoms with Gasteiger partial charge in [0.15, 0.2) is 0 Å². The molecule has 0 aromatic heterocycles. The molecule has 0 saturated heterocycles. The molecule has 0 aromatic carbocycles. The van der Waals surface area contributed by atoms with Crippen molar-refractivity contribution in [2.45, 2.75) is 70.1 Å². The average molecular weight is 197 g/mol. The molecule has 2 nitrogen and oxygen atoms in total. The highest BCUT2D eigenvalue weighted by molar-refractivity contribution is 4.90. The van der Waals surface area contributed by atoms with Gasteiger partial charge in [0.05, 0.1) is 6.10 Å². The van der Waals surface area contributed by atoms with Crippen LogP contribution in [0.3, 0.4) is 0 Å². The molecule has 0 radical (unpaired) electrons. The first kappa shape index (κ1) is 10.4. The lowest BCUT2D eigenvalue weighted by molar-refractivity contribution is 0.0699. The summed E-state index contributed by atoms with van der Waals surface area (Å²) in [5.74, 6) is 0. The first-order valence-corrected chi connectivity index (χ1v) is 6.25. The minimum Gasteiger partial charge on any atom is -0.393 e. The summed E-state index contributed by atoms with van der Waals surface area (Å²) in [6.45, 7) is 3.54. The fraction of sp³-hybridized carbons (Fsp3) is 1.00. The van der Waals surface area contributed by atoms with Gasteiger partial charge in [0.2, 0.25) is 0 Å². The molecule has 0 aliphatic heterocycles. The van der Waals surface area contributed by atoms with Crippen molar-refractivity contribution in [1.82, 2.24) is 4.90 Å². The van der Waals surface area contributed by atoms with Crippen molar-refractivity contribution in [3.63, 3.8) is 0 Å². The number of aliphatic hydroxyl groups excluding tert-OH is 1. The second kappa shape index (κ2) is 4.63. The zero-order valence-corrected chi connectivity index (χ0v) is 9.28. The molecule has 0 amide bonds. The summed E-state index contributed by atoms with van der Waals surface area (Å²) in [5, 5.41) is 9.47. The molecule has 0 bridgehead atoms. The molecule has 2 fully saturated rings. The van der Waals surface area contributed by atoms with Gasteiger partial charge in [-0.05, 0) is 51.5 Å². The van der Waals surface area contributed by atoms with Crippen molar-refractivity contribution in [3.05, 3.63) is 0 Å². The number of hydrogen-bond donors (Lipinski definition) is 1. The van der Waals surface area contributed by atoms with Gasteiger partial charge in [-0.2, -0.15) is 0 Å². The van der Waals surface area contributed by atoms with Crippen LogP contribution >= 0.6 is 0 Å². The molecule has 2 aliphatic rings. The van der Waals surface area contributed by atoms with Gasteiger partial charge in [-0.1, -0.05) is 6.92 Å². The van der Waals surface area contributed by atoms with Crippen LogP contribution in [0.4, 0.5) is 0 Å². The Morgan fingerprint density at radius 1 is 1.00 bits per heavy atom. The molecule has 0 heterocycles. The Morgan fingerprint density at radius 2 is 1.50 bits per heavy atom. The Morgan fingerprint density at radius 3 is 1.93 bits per heavy atom. The van der Waals surface area contributed by atoms with E-state index < -0.39 is 0 Å². The summed E-state index contributed by atoms with van der Waals surface area (Å²) in [4.78, 5) is 2.71. The van der Waals surface area contributed by atoms with Gasteiger partial charge in [-0.25, -0.2) is 0 Å². The smallest absolute Gasteiger partial charge is 0.0541 e. The quantitative estimate of drug-likeness (QED) is 0.746. The molecular formula is C12H23NO. The van der Waals surface area contributed by atoms with Crippen LogP contribution < -0.4 is 0 Å². The van der Waals surface area contributed by atoms with Crippen LogP contribution in [0.5, 0.6) is 0 Å². The maximum atomic E-state index is 9.47. The second-order valence-corrected chi connectivity index (χ2v) is 4.93. The van der Waals surface area contributed by atoms with E-state index in [2.05, 4.69) is 11.8 Å². The fourth-order valence-corrected chi connectivity index (χ4v) is 2.72. The van der Waals surface area contributed by atoms with Crippen LogP contribution in [0.1, 0.15) is 51.9 Å². The minimum absolute atomic E-state index is 0.00562. The van der Waals surface area contributed by atoms with E-state index in [9.17, 15) is 5.11 Å². The number of hydrogen-bond acceptors (Lipinski definition) is 2. The minimum atomic E-state index is -0.00562. The first-order valence-electron chi connectivity index (χ1n) is 6.25. The molecular weight excluding hydrogens is 174 g/mol. The fourth-order valence-electron chi connectivity index (χ4n) is 2.72. The van der Waals surface area contributed by atoms with E-state index >= 15 is 0 Å². The predicted octanol–water partition coefficient (Wildman–Crippen LogP) is 2.16. The maximum Gasteiger partial charge on any atom is 0.0541 e. The van der Waals surface area contributed by atoms with Crippen LogP contribution in [0, 0.1) is 0 Å². The molecule has 0 unspecified atom stereocenters. The van der Waals surface area contributed by atoms with Crippen LogP contribution in [0.2, 0.25) is 0 Å². The van der Waals surface area contributed by atoms with E-state index in [0.717, 1.165) is 24.9 Å². The van der Waals surface area contributed by atoms with E-state index in [1.165, 1.54) is 38.6 Å². The Labute approximate surface area is 87.3 Å². The van der Waals surface area contributed by atoms with Gasteiger partial charge in [-0.15, -0.1) is 0 Å². The Kier molecular flexibility index (Phi) is 3.45. The van der Waals surface area contributed by atoms with Crippen LogP contribution in [0.25, 0.3) is 0 Å². The highest BCUT2D eigenvalue weighted by atomic mass is 16.3. The molecule has 14 heavy (non-hydrogen) atoms. The summed E-state index contributed by atoms with van der Waals surface area (Å²) in [6, 6.07) is 1.68. The molecule has 1 N–H and O–H groups in total. The molecule has 2 rings (SSSR count). The third kappa shape index (κ3) is 2.48. The van der Waals surface area contributed by atoms with E-state index in [1.54, 1.807) is 0 Å². The summed E-state index contributed by atoms with van der Waals surface area (Å²) in [5.41, 5.74) is 0. The maximum absolute atomic E-state index is 9.47. The van der Waals surface area contributed by atoms with Gasteiger partial charge >= 0.3 is 0 Å². The zero-order valence-electron chi connectivity index (χ0n) is 9.28. The van der Waals surface area contributed by atoms with Crippen molar-refractivity contribution >= 4 is 0 Å². The summed E-state index contributed by atoms with van der Waals surface area (Å²) < 4.78 is 0. The van der Waals surface area contributed by atoms with E-state index in [-0.39, 0.29) is 6.10 Å². The molecule has 2 aliphatic carbocycles. The zero-order chi connectivity index (χ0) is 9.97. The Bertz CT molecular complexity index is 171. The first-order chi connectivity index (χ1) is 6.81. The van der Waals surface area contributed by atoms with Crippen molar-refractivity contribution in [1.29, 1.82) is 0 Å². The molecule has 82 valence electrons. The predicted molar refractivity (Wildman–Crippen MR) is 58.3 cm³/mol. The summed E-state index contributed by atoms with van der Waals surface area (Å²) in [7, 11) is 0. The topological polar surface area (TPSA) is 23.5 Å². The standard InChI is InChI=1S/C12H23NO/c1-2-9-13(10-3-4-10)11-5-7-12(14)8-6-11/h10-12,14H,2-9H2,1H3. The third-order valence-electron chi connectivity index (χ3n) is 3.63. The second-order valence-electron chi connectivity index (χ2n) is 4.93. The SMILES string of the molecule is CCCN(C1CCC(O)CC1)C1CC1. The molecule has 0 spiro atoms. The van der Waals surface area contributed by atoms with Crippen molar-refractivity contribution < 1.29 is 5.11 Å². The molecule has 2 saturated carbocycles. The van der Waals surface area contributed by atoms with E-state index in [4.69, 9.17) is 0 Å². The molecule has 2 heteroatoms. The largest absolute Gasteiger partial charge is 0.393 e. The van der Waals surface area contributed by atoms with Crippen LogP contribution in [-0.2, 0) is 0 Å². The Balaban J connectivity index is 1.84. The average Bonchev–Trinajstić information content (AvgIpc) is 2.99. The van der Waals surface area contributed by atoms with Crippen LogP contribution in [-0.4, -0.2) is 34.7 Å². The van der Waals surface area contributed by atoms with E-state index in [0.29, 0.717) is 0 Å². The monoisotopic (exact) mass is 197 g/mol. The Hall–Kier alpha value is -0.0800. The number of nitrogens with zero attached hydrogens (tertiary/aromatic N) is 1. The normalized spacial score (nSPS) is 33.6. The van der Waals surface area contributed by atoms with Gasteiger partial charge in [-0.3, -0.25) is 4.90 Å².